The molecule has 0 atom stereocenters. The zero-order valence-corrected chi connectivity index (χ0v) is 11.1. The van der Waals surface area contributed by atoms with Crippen LogP contribution in [-0.2, 0) is 4.79 Å². The van der Waals surface area contributed by atoms with Gasteiger partial charge in [-0.2, -0.15) is 15.4 Å². The predicted octanol–water partition coefficient (Wildman–Crippen LogP) is 0.166. The van der Waals surface area contributed by atoms with Gasteiger partial charge in [0.1, 0.15) is 11.0 Å². The van der Waals surface area contributed by atoms with Gasteiger partial charge in [-0.15, -0.1) is 0 Å². The van der Waals surface area contributed by atoms with E-state index in [9.17, 15) is 9.59 Å². The Morgan fingerprint density at radius 1 is 1.35 bits per heavy atom. The fraction of sp³-hybridized carbons (Fsp3) is 0.385. The number of aromatic amines is 1. The van der Waals surface area contributed by atoms with Crippen LogP contribution in [0.4, 0.5) is 0 Å². The van der Waals surface area contributed by atoms with Gasteiger partial charge in [0.05, 0.1) is 5.92 Å². The first-order valence-electron chi connectivity index (χ1n) is 6.56. The van der Waals surface area contributed by atoms with Crippen LogP contribution in [0.3, 0.4) is 0 Å². The lowest BCUT2D eigenvalue weighted by Crippen LogP contribution is -2.55. The summed E-state index contributed by atoms with van der Waals surface area (Å²) < 4.78 is 0. The molecule has 2 aromatic rings. The lowest BCUT2D eigenvalue weighted by molar-refractivity contribution is -0.128. The summed E-state index contributed by atoms with van der Waals surface area (Å²) in [6.07, 6.45) is 0. The topological polar surface area (TPSA) is 91.0 Å². The first kappa shape index (κ1) is 12.6. The monoisotopic (exact) mass is 273 g/mol. The summed E-state index contributed by atoms with van der Waals surface area (Å²) in [6.45, 7) is 3.45. The molecule has 1 aromatic heterocycles. The Labute approximate surface area is 115 Å². The predicted molar refractivity (Wildman–Crippen MR) is 72.0 cm³/mol. The second-order valence-electron chi connectivity index (χ2n) is 4.83. The highest BCUT2D eigenvalue weighted by Crippen LogP contribution is 2.20. The Kier molecular flexibility index (Phi) is 3.09. The largest absolute Gasteiger partial charge is 0.356 e. The van der Waals surface area contributed by atoms with Gasteiger partial charge < -0.3 is 10.2 Å². The molecule has 1 aliphatic rings. The van der Waals surface area contributed by atoms with Gasteiger partial charge in [-0.3, -0.25) is 9.59 Å². The summed E-state index contributed by atoms with van der Waals surface area (Å²) in [4.78, 5) is 25.5. The number of nitrogens with one attached hydrogen (secondary N) is 2. The van der Waals surface area contributed by atoms with Crippen LogP contribution in [0.5, 0.6) is 0 Å². The zero-order valence-electron chi connectivity index (χ0n) is 11.1. The van der Waals surface area contributed by atoms with Gasteiger partial charge in [0.15, 0.2) is 0 Å². The Morgan fingerprint density at radius 3 is 2.85 bits per heavy atom. The molecule has 2 heterocycles. The lowest BCUT2D eigenvalue weighted by atomic mass is 9.98. The van der Waals surface area contributed by atoms with Gasteiger partial charge >= 0.3 is 0 Å². The first-order valence-corrected chi connectivity index (χ1v) is 6.56. The molecule has 0 saturated carbocycles. The number of fused-ring (bicyclic) bond motifs is 1. The number of carbonyl (C=O) groups excluding carboxylic acids is 2. The third-order valence-electron chi connectivity index (χ3n) is 3.45. The molecule has 104 valence electrons. The molecule has 2 amide bonds. The molecular weight excluding hydrogens is 258 g/mol. The molecule has 7 heteroatoms. The van der Waals surface area contributed by atoms with Crippen molar-refractivity contribution in [1.29, 1.82) is 0 Å². The van der Waals surface area contributed by atoms with E-state index in [4.69, 9.17) is 0 Å². The van der Waals surface area contributed by atoms with Gasteiger partial charge in [-0.1, -0.05) is 0 Å². The number of H-pyrrole nitrogens is 1. The quantitative estimate of drug-likeness (QED) is 0.833. The third kappa shape index (κ3) is 2.11. The second kappa shape index (κ2) is 4.92. The fourth-order valence-corrected chi connectivity index (χ4v) is 2.28. The Hall–Kier alpha value is -2.44. The number of amides is 2. The number of likely N-dealkylation sites (tertiary alicyclic amines) is 1. The zero-order chi connectivity index (χ0) is 14.1. The van der Waals surface area contributed by atoms with Crippen molar-refractivity contribution in [2.45, 2.75) is 6.92 Å². The minimum Gasteiger partial charge on any atom is -0.356 e. The van der Waals surface area contributed by atoms with Crippen LogP contribution in [0, 0.1) is 5.92 Å². The highest BCUT2D eigenvalue weighted by atomic mass is 16.2. The lowest BCUT2D eigenvalue weighted by Gasteiger charge is -2.38. The van der Waals surface area contributed by atoms with Gasteiger partial charge in [0, 0.05) is 25.2 Å². The number of hydrogen-bond acceptors (Lipinski definition) is 4. The molecule has 1 aliphatic heterocycles. The SMILES string of the molecule is CCNC(=O)C1CN(C(=O)c2ccc3n[nH]nc3c2)C1. The number of nitrogens with zero attached hydrogens (tertiary/aromatic N) is 3. The van der Waals surface area contributed by atoms with Gasteiger partial charge in [0.2, 0.25) is 5.91 Å². The van der Waals surface area contributed by atoms with Crippen LogP contribution < -0.4 is 5.32 Å². The molecular formula is C13H15N5O2. The summed E-state index contributed by atoms with van der Waals surface area (Å²) in [5.74, 6) is -0.145. The summed E-state index contributed by atoms with van der Waals surface area (Å²) in [6, 6.07) is 5.19. The minimum atomic E-state index is -0.0883. The van der Waals surface area contributed by atoms with E-state index in [-0.39, 0.29) is 17.7 Å². The number of rotatable bonds is 3. The summed E-state index contributed by atoms with van der Waals surface area (Å²) >= 11 is 0. The van der Waals surface area contributed by atoms with E-state index in [1.54, 1.807) is 23.1 Å². The van der Waals surface area contributed by atoms with Crippen LogP contribution in [0.2, 0.25) is 0 Å². The minimum absolute atomic E-state index is 0.0171. The van der Waals surface area contributed by atoms with Crippen molar-refractivity contribution >= 4 is 22.8 Å². The molecule has 7 nitrogen and oxygen atoms in total. The summed E-state index contributed by atoms with van der Waals surface area (Å²) in [5, 5.41) is 13.2. The Morgan fingerprint density at radius 2 is 2.10 bits per heavy atom. The second-order valence-corrected chi connectivity index (χ2v) is 4.83. The Balaban J connectivity index is 1.67. The molecule has 2 N–H and O–H groups in total. The normalized spacial score (nSPS) is 15.2. The number of benzene rings is 1. The van der Waals surface area contributed by atoms with Crippen LogP contribution in [0.1, 0.15) is 17.3 Å². The van der Waals surface area contributed by atoms with Crippen LogP contribution in [0.25, 0.3) is 11.0 Å². The smallest absolute Gasteiger partial charge is 0.253 e. The Bertz CT molecular complexity index is 660. The average molecular weight is 273 g/mol. The maximum Gasteiger partial charge on any atom is 0.253 e. The van der Waals surface area contributed by atoms with Crippen molar-refractivity contribution < 1.29 is 9.59 Å². The van der Waals surface area contributed by atoms with Crippen molar-refractivity contribution in [3.05, 3.63) is 23.8 Å². The molecule has 1 saturated heterocycles. The van der Waals surface area contributed by atoms with E-state index in [1.165, 1.54) is 0 Å². The molecule has 0 radical (unpaired) electrons. The first-order chi connectivity index (χ1) is 9.69. The molecule has 3 rings (SSSR count). The van der Waals surface area contributed by atoms with Crippen molar-refractivity contribution in [3.8, 4) is 0 Å². The van der Waals surface area contributed by atoms with Gasteiger partial charge in [-0.25, -0.2) is 0 Å². The van der Waals surface area contributed by atoms with Crippen molar-refractivity contribution in [2.24, 2.45) is 5.92 Å². The van der Waals surface area contributed by atoms with Gasteiger partial charge in [0.25, 0.3) is 5.91 Å². The maximum absolute atomic E-state index is 12.3. The highest BCUT2D eigenvalue weighted by Gasteiger charge is 2.35. The van der Waals surface area contributed by atoms with E-state index in [1.807, 2.05) is 6.92 Å². The average Bonchev–Trinajstić information content (AvgIpc) is 2.84. The highest BCUT2D eigenvalue weighted by molar-refractivity contribution is 5.98. The molecule has 0 bridgehead atoms. The molecule has 1 aromatic carbocycles. The fourth-order valence-electron chi connectivity index (χ4n) is 2.28. The van der Waals surface area contributed by atoms with Crippen LogP contribution in [-0.4, -0.2) is 51.8 Å². The summed E-state index contributed by atoms with van der Waals surface area (Å²) in [7, 11) is 0. The third-order valence-corrected chi connectivity index (χ3v) is 3.45. The van der Waals surface area contributed by atoms with Crippen LogP contribution in [0.15, 0.2) is 18.2 Å². The van der Waals surface area contributed by atoms with Crippen molar-refractivity contribution in [1.82, 2.24) is 25.6 Å². The summed E-state index contributed by atoms with van der Waals surface area (Å²) in [5.41, 5.74) is 1.96. The maximum atomic E-state index is 12.3. The van der Waals surface area contributed by atoms with Crippen LogP contribution >= 0.6 is 0 Å². The van der Waals surface area contributed by atoms with E-state index < -0.39 is 0 Å². The standard InChI is InChI=1S/C13H15N5O2/c1-2-14-12(19)9-6-18(7-9)13(20)8-3-4-10-11(5-8)16-17-15-10/h3-5,9H,2,6-7H2,1H3,(H,14,19)(H,15,16,17). The van der Waals surface area contributed by atoms with E-state index in [2.05, 4.69) is 20.7 Å². The van der Waals surface area contributed by atoms with Crippen molar-refractivity contribution in [3.63, 3.8) is 0 Å². The number of carbonyl (C=O) groups is 2. The molecule has 0 spiro atoms. The van der Waals surface area contributed by atoms with E-state index in [0.29, 0.717) is 30.7 Å². The van der Waals surface area contributed by atoms with E-state index >= 15 is 0 Å². The number of hydrogen-bond donors (Lipinski definition) is 2. The molecule has 0 aliphatic carbocycles. The van der Waals surface area contributed by atoms with Gasteiger partial charge in [-0.05, 0) is 25.1 Å². The molecule has 0 unspecified atom stereocenters. The molecule has 20 heavy (non-hydrogen) atoms. The van der Waals surface area contributed by atoms with E-state index in [0.717, 1.165) is 5.52 Å². The number of aromatic nitrogens is 3. The van der Waals surface area contributed by atoms with Crippen molar-refractivity contribution in [2.75, 3.05) is 19.6 Å². The molecule has 1 fully saturated rings.